The summed E-state index contributed by atoms with van der Waals surface area (Å²) in [5.74, 6) is 0.0509. The Hall–Kier alpha value is -0.650. The van der Waals surface area contributed by atoms with E-state index in [1.165, 1.54) is 0 Å². The highest BCUT2D eigenvalue weighted by atomic mass is 16.2. The molecule has 0 spiro atoms. The van der Waals surface area contributed by atoms with E-state index in [4.69, 9.17) is 0 Å². The van der Waals surface area contributed by atoms with Crippen molar-refractivity contribution in [2.24, 2.45) is 0 Å². The Labute approximate surface area is 91.9 Å². The van der Waals surface area contributed by atoms with E-state index in [-0.39, 0.29) is 12.1 Å². The molecule has 1 heterocycles. The van der Waals surface area contributed by atoms with E-state index in [1.54, 1.807) is 12.0 Å². The van der Waals surface area contributed by atoms with E-state index in [0.29, 0.717) is 0 Å². The van der Waals surface area contributed by atoms with Crippen LogP contribution in [0.15, 0.2) is 0 Å². The first-order valence-electron chi connectivity index (χ1n) is 5.55. The van der Waals surface area contributed by atoms with Crippen molar-refractivity contribution < 1.29 is 4.79 Å². The average Bonchev–Trinajstić information content (AvgIpc) is 2.18. The second-order valence-corrected chi connectivity index (χ2v) is 4.11. The molecule has 5 heteroatoms. The predicted molar refractivity (Wildman–Crippen MR) is 59.6 cm³/mol. The quantitative estimate of drug-likeness (QED) is 0.731. The second kappa shape index (κ2) is 5.44. The summed E-state index contributed by atoms with van der Waals surface area (Å²) in [6, 6.07) is 0. The predicted octanol–water partition coefficient (Wildman–Crippen LogP) is 0.258. The van der Waals surface area contributed by atoms with Crippen molar-refractivity contribution in [1.82, 2.24) is 20.5 Å². The smallest absolute Gasteiger partial charge is 0.248 e. The van der Waals surface area contributed by atoms with Gasteiger partial charge in [-0.05, 0) is 26.9 Å². The Morgan fingerprint density at radius 2 is 2.20 bits per heavy atom. The highest BCUT2D eigenvalue weighted by Gasteiger charge is 2.28. The number of hydrazine groups is 2. The summed E-state index contributed by atoms with van der Waals surface area (Å²) in [6.45, 7) is 5.54. The Morgan fingerprint density at radius 3 is 2.67 bits per heavy atom. The average molecular weight is 214 g/mol. The van der Waals surface area contributed by atoms with Crippen LogP contribution in [0.2, 0.25) is 0 Å². The van der Waals surface area contributed by atoms with Crippen LogP contribution in [-0.2, 0) is 4.79 Å². The molecule has 0 aliphatic carbocycles. The van der Waals surface area contributed by atoms with Gasteiger partial charge in [0.1, 0.15) is 0 Å². The summed E-state index contributed by atoms with van der Waals surface area (Å²) in [6.07, 6.45) is 2.36. The minimum atomic E-state index is 0.0509. The van der Waals surface area contributed by atoms with Crippen molar-refractivity contribution in [3.63, 3.8) is 0 Å². The van der Waals surface area contributed by atoms with Gasteiger partial charge in [-0.3, -0.25) is 9.69 Å². The van der Waals surface area contributed by atoms with Crippen LogP contribution in [-0.4, -0.2) is 54.3 Å². The summed E-state index contributed by atoms with van der Waals surface area (Å²) >= 11 is 0. The minimum absolute atomic E-state index is 0.0509. The monoisotopic (exact) mass is 214 g/mol. The lowest BCUT2D eigenvalue weighted by molar-refractivity contribution is -0.180. The topological polar surface area (TPSA) is 38.8 Å². The zero-order valence-electron chi connectivity index (χ0n) is 10.2. The molecule has 88 valence electrons. The lowest BCUT2D eigenvalue weighted by Gasteiger charge is -2.44. The summed E-state index contributed by atoms with van der Waals surface area (Å²) in [7, 11) is 4.09. The number of rotatable bonds is 3. The maximum absolute atomic E-state index is 11.5. The van der Waals surface area contributed by atoms with E-state index >= 15 is 0 Å². The van der Waals surface area contributed by atoms with Crippen molar-refractivity contribution in [2.45, 2.75) is 32.9 Å². The third-order valence-electron chi connectivity index (χ3n) is 2.69. The van der Waals surface area contributed by atoms with Gasteiger partial charge in [-0.1, -0.05) is 6.92 Å². The number of carbonyl (C=O) groups excluding carboxylic acids is 1. The maximum atomic E-state index is 11.5. The molecular formula is C10H22N4O. The third-order valence-corrected chi connectivity index (χ3v) is 2.69. The minimum Gasteiger partial charge on any atom is -0.293 e. The summed E-state index contributed by atoms with van der Waals surface area (Å²) < 4.78 is 0. The fraction of sp³-hybridized carbons (Fsp3) is 0.900. The summed E-state index contributed by atoms with van der Waals surface area (Å²) in [5, 5.41) is 3.75. The van der Waals surface area contributed by atoms with Crippen molar-refractivity contribution in [3.8, 4) is 0 Å². The Kier molecular flexibility index (Phi) is 4.50. The maximum Gasteiger partial charge on any atom is 0.248 e. The fourth-order valence-electron chi connectivity index (χ4n) is 2.03. The van der Waals surface area contributed by atoms with Gasteiger partial charge in [-0.15, -0.1) is 0 Å². The van der Waals surface area contributed by atoms with Crippen LogP contribution in [0.5, 0.6) is 0 Å². The zero-order valence-corrected chi connectivity index (χ0v) is 10.2. The molecule has 1 rings (SSSR count). The van der Waals surface area contributed by atoms with E-state index in [9.17, 15) is 4.79 Å². The molecule has 1 N–H and O–H groups in total. The highest BCUT2D eigenvalue weighted by molar-refractivity contribution is 5.72. The Balaban J connectivity index is 2.73. The molecular weight excluding hydrogens is 192 g/mol. The normalized spacial score (nSPS) is 20.7. The van der Waals surface area contributed by atoms with Gasteiger partial charge in [-0.25, -0.2) is 10.5 Å². The first-order chi connectivity index (χ1) is 7.07. The van der Waals surface area contributed by atoms with Gasteiger partial charge < -0.3 is 0 Å². The number of amides is 1. The number of nitrogens with zero attached hydrogens (tertiary/aromatic N) is 3. The van der Waals surface area contributed by atoms with Gasteiger partial charge in [0.2, 0.25) is 5.91 Å². The van der Waals surface area contributed by atoms with Crippen molar-refractivity contribution in [1.29, 1.82) is 0 Å². The van der Waals surface area contributed by atoms with Crippen molar-refractivity contribution >= 4 is 5.91 Å². The van der Waals surface area contributed by atoms with Crippen LogP contribution in [0.4, 0.5) is 0 Å². The molecule has 1 unspecified atom stereocenters. The highest BCUT2D eigenvalue weighted by Crippen LogP contribution is 2.13. The van der Waals surface area contributed by atoms with Gasteiger partial charge in [0.05, 0.1) is 6.17 Å². The van der Waals surface area contributed by atoms with Crippen LogP contribution in [0.1, 0.15) is 26.7 Å². The molecule has 1 aliphatic rings. The molecule has 1 atom stereocenters. The van der Waals surface area contributed by atoms with E-state index in [0.717, 1.165) is 25.9 Å². The number of carbonyl (C=O) groups is 1. The van der Waals surface area contributed by atoms with Gasteiger partial charge >= 0.3 is 0 Å². The first-order valence-corrected chi connectivity index (χ1v) is 5.55. The fourth-order valence-corrected chi connectivity index (χ4v) is 2.03. The lowest BCUT2D eigenvalue weighted by Crippen LogP contribution is -2.63. The molecule has 1 fully saturated rings. The standard InChI is InChI=1S/C10H22N4O/c1-5-10(12(3)4)13-8-6-7-11-14(13)9(2)15/h10-11H,5-8H2,1-4H3. The largest absolute Gasteiger partial charge is 0.293 e. The van der Waals surface area contributed by atoms with Crippen LogP contribution < -0.4 is 5.43 Å². The van der Waals surface area contributed by atoms with Gasteiger partial charge in [0, 0.05) is 20.0 Å². The molecule has 0 radical (unpaired) electrons. The zero-order chi connectivity index (χ0) is 11.4. The van der Waals surface area contributed by atoms with E-state index < -0.39 is 0 Å². The second-order valence-electron chi connectivity index (χ2n) is 4.11. The van der Waals surface area contributed by atoms with Crippen LogP contribution >= 0.6 is 0 Å². The van der Waals surface area contributed by atoms with E-state index in [1.807, 2.05) is 14.1 Å². The molecule has 0 saturated carbocycles. The number of hydrogen-bond donors (Lipinski definition) is 1. The van der Waals surface area contributed by atoms with Crippen LogP contribution in [0, 0.1) is 0 Å². The number of nitrogens with one attached hydrogen (secondary N) is 1. The molecule has 0 bridgehead atoms. The van der Waals surface area contributed by atoms with Gasteiger partial charge in [0.25, 0.3) is 0 Å². The van der Waals surface area contributed by atoms with Crippen LogP contribution in [0.25, 0.3) is 0 Å². The molecule has 0 aromatic rings. The SMILES string of the molecule is CCC(N(C)C)N1CCCNN1C(C)=O. The third kappa shape index (κ3) is 2.90. The lowest BCUT2D eigenvalue weighted by atomic mass is 10.3. The summed E-state index contributed by atoms with van der Waals surface area (Å²) in [4.78, 5) is 13.6. The van der Waals surface area contributed by atoms with E-state index in [2.05, 4.69) is 22.3 Å². The molecule has 0 aromatic carbocycles. The molecule has 1 saturated heterocycles. The molecule has 5 nitrogen and oxygen atoms in total. The molecule has 15 heavy (non-hydrogen) atoms. The van der Waals surface area contributed by atoms with Crippen LogP contribution in [0.3, 0.4) is 0 Å². The molecule has 0 aromatic heterocycles. The van der Waals surface area contributed by atoms with Gasteiger partial charge in [-0.2, -0.15) is 5.01 Å². The number of hydrogen-bond acceptors (Lipinski definition) is 4. The summed E-state index contributed by atoms with van der Waals surface area (Å²) in [5.41, 5.74) is 3.12. The van der Waals surface area contributed by atoms with Crippen molar-refractivity contribution in [3.05, 3.63) is 0 Å². The molecule has 1 aliphatic heterocycles. The Morgan fingerprint density at radius 1 is 1.53 bits per heavy atom. The van der Waals surface area contributed by atoms with Gasteiger partial charge in [0.15, 0.2) is 0 Å². The van der Waals surface area contributed by atoms with Crippen molar-refractivity contribution in [2.75, 3.05) is 27.2 Å². The molecule has 1 amide bonds. The first kappa shape index (κ1) is 12.4. The Bertz CT molecular complexity index is 219.